The number of unbranched alkanes of at least 4 members (excludes halogenated alkanes) is 9. The molecule has 0 bridgehead atoms. The van der Waals surface area contributed by atoms with Crippen LogP contribution in [0.15, 0.2) is 18.2 Å². The highest BCUT2D eigenvalue weighted by molar-refractivity contribution is 5.44. The Morgan fingerprint density at radius 1 is 0.765 bits per heavy atom. The zero-order valence-corrected chi connectivity index (χ0v) is 11.4. The van der Waals surface area contributed by atoms with E-state index in [9.17, 15) is 4.79 Å². The van der Waals surface area contributed by atoms with Gasteiger partial charge >= 0.3 is 0 Å². The average molecular weight is 236 g/mol. The van der Waals surface area contributed by atoms with Gasteiger partial charge in [-0.15, -0.1) is 0 Å². The molecule has 0 saturated heterocycles. The third-order valence-electron chi connectivity index (χ3n) is 2.94. The summed E-state index contributed by atoms with van der Waals surface area (Å²) in [7, 11) is 0. The van der Waals surface area contributed by atoms with Crippen LogP contribution in [0.4, 0.5) is 0 Å². The average Bonchev–Trinajstić information content (AvgIpc) is 2.35. The Morgan fingerprint density at radius 2 is 1.29 bits per heavy atom. The first-order valence-corrected chi connectivity index (χ1v) is 7.26. The molecule has 0 rings (SSSR count). The van der Waals surface area contributed by atoms with E-state index in [-0.39, 0.29) is 0 Å². The van der Waals surface area contributed by atoms with Crippen LogP contribution in [0, 0.1) is 0 Å². The van der Waals surface area contributed by atoms with E-state index >= 15 is 0 Å². The molecule has 1 heteroatoms. The van der Waals surface area contributed by atoms with Gasteiger partial charge in [-0.25, -0.2) is 4.79 Å². The molecule has 0 spiro atoms. The van der Waals surface area contributed by atoms with Crippen molar-refractivity contribution in [2.24, 2.45) is 0 Å². The van der Waals surface area contributed by atoms with Gasteiger partial charge in [0.05, 0.1) is 0 Å². The van der Waals surface area contributed by atoms with Gasteiger partial charge in [-0.1, -0.05) is 51.2 Å². The van der Waals surface area contributed by atoms with Crippen LogP contribution in [0.2, 0.25) is 0 Å². The summed E-state index contributed by atoms with van der Waals surface area (Å²) in [6, 6.07) is 0. The number of hydrogen-bond donors (Lipinski definition) is 0. The standard InChI is InChI=1S/C16H28O/c1-2-3-4-5-6-7-8-9-10-11-12-13-14-15-16-17/h7-8,15H,2-6,9-14H2,1H3. The van der Waals surface area contributed by atoms with Crippen molar-refractivity contribution in [3.63, 3.8) is 0 Å². The van der Waals surface area contributed by atoms with Crippen LogP contribution >= 0.6 is 0 Å². The third kappa shape index (κ3) is 15.2. The Bertz CT molecular complexity index is 212. The van der Waals surface area contributed by atoms with Gasteiger partial charge in [0.2, 0.25) is 0 Å². The van der Waals surface area contributed by atoms with Crippen molar-refractivity contribution >= 4 is 5.94 Å². The van der Waals surface area contributed by atoms with Crippen molar-refractivity contribution in [3.8, 4) is 0 Å². The summed E-state index contributed by atoms with van der Waals surface area (Å²) >= 11 is 0. The summed E-state index contributed by atoms with van der Waals surface area (Å²) in [5.74, 6) is 1.82. The second kappa shape index (κ2) is 15.2. The molecule has 0 fully saturated rings. The van der Waals surface area contributed by atoms with E-state index < -0.39 is 0 Å². The van der Waals surface area contributed by atoms with Gasteiger partial charge in [0.1, 0.15) is 5.94 Å². The summed E-state index contributed by atoms with van der Waals surface area (Å²) in [6.45, 7) is 2.25. The zero-order chi connectivity index (χ0) is 12.6. The van der Waals surface area contributed by atoms with E-state index in [0.29, 0.717) is 0 Å². The van der Waals surface area contributed by atoms with Crippen LogP contribution in [0.5, 0.6) is 0 Å². The van der Waals surface area contributed by atoms with Gasteiger partial charge in [-0.05, 0) is 44.6 Å². The highest BCUT2D eigenvalue weighted by Crippen LogP contribution is 2.07. The second-order valence-corrected chi connectivity index (χ2v) is 4.63. The SMILES string of the molecule is CCCCCCC=CCCCCCCC=C=O. The molecule has 0 aliphatic heterocycles. The van der Waals surface area contributed by atoms with E-state index in [1.807, 2.05) is 5.94 Å². The van der Waals surface area contributed by atoms with Gasteiger partial charge < -0.3 is 0 Å². The van der Waals surface area contributed by atoms with E-state index in [2.05, 4.69) is 19.1 Å². The molecule has 0 aliphatic rings. The number of rotatable bonds is 12. The first-order chi connectivity index (χ1) is 8.41. The summed E-state index contributed by atoms with van der Waals surface area (Å²) in [6.07, 6.45) is 20.0. The second-order valence-electron chi connectivity index (χ2n) is 4.63. The predicted octanol–water partition coefficient (Wildman–Crippen LogP) is 5.24. The third-order valence-corrected chi connectivity index (χ3v) is 2.94. The normalized spacial score (nSPS) is 10.6. The van der Waals surface area contributed by atoms with Gasteiger partial charge in [0, 0.05) is 0 Å². The lowest BCUT2D eigenvalue weighted by Gasteiger charge is -1.97. The summed E-state index contributed by atoms with van der Waals surface area (Å²) in [5.41, 5.74) is 0. The number of allylic oxidation sites excluding steroid dienone is 3. The van der Waals surface area contributed by atoms with Crippen LogP contribution in [0.25, 0.3) is 0 Å². The van der Waals surface area contributed by atoms with Crippen molar-refractivity contribution in [2.75, 3.05) is 0 Å². The van der Waals surface area contributed by atoms with Gasteiger partial charge in [-0.3, -0.25) is 0 Å². The molecule has 1 nitrogen and oxygen atoms in total. The van der Waals surface area contributed by atoms with Crippen molar-refractivity contribution in [2.45, 2.75) is 77.6 Å². The highest BCUT2D eigenvalue weighted by atomic mass is 16.1. The minimum Gasteiger partial charge on any atom is -0.234 e. The Hall–Kier alpha value is -0.810. The minimum atomic E-state index is 0.900. The largest absolute Gasteiger partial charge is 0.234 e. The van der Waals surface area contributed by atoms with Crippen molar-refractivity contribution in [1.29, 1.82) is 0 Å². The van der Waals surface area contributed by atoms with Crippen molar-refractivity contribution < 1.29 is 4.79 Å². The maximum absolute atomic E-state index is 9.92. The zero-order valence-electron chi connectivity index (χ0n) is 11.4. The molecule has 0 amide bonds. The van der Waals surface area contributed by atoms with Crippen molar-refractivity contribution in [3.05, 3.63) is 18.2 Å². The van der Waals surface area contributed by atoms with Gasteiger partial charge in [0.25, 0.3) is 0 Å². The lowest BCUT2D eigenvalue weighted by Crippen LogP contribution is -1.77. The molecule has 0 unspecified atom stereocenters. The monoisotopic (exact) mass is 236 g/mol. The molecular formula is C16H28O. The van der Waals surface area contributed by atoms with Crippen molar-refractivity contribution in [1.82, 2.24) is 0 Å². The van der Waals surface area contributed by atoms with Crippen LogP contribution in [0.3, 0.4) is 0 Å². The molecular weight excluding hydrogens is 208 g/mol. The fourth-order valence-corrected chi connectivity index (χ4v) is 1.85. The molecule has 0 heterocycles. The molecule has 17 heavy (non-hydrogen) atoms. The molecule has 0 radical (unpaired) electrons. The van der Waals surface area contributed by atoms with Crippen LogP contribution in [-0.2, 0) is 4.79 Å². The van der Waals surface area contributed by atoms with Gasteiger partial charge in [0.15, 0.2) is 0 Å². The van der Waals surface area contributed by atoms with Gasteiger partial charge in [-0.2, -0.15) is 0 Å². The Labute approximate surface area is 107 Å². The van der Waals surface area contributed by atoms with Crippen LogP contribution in [0.1, 0.15) is 77.6 Å². The molecule has 0 aromatic carbocycles. The molecule has 0 aromatic rings. The van der Waals surface area contributed by atoms with E-state index in [1.165, 1.54) is 57.8 Å². The van der Waals surface area contributed by atoms with E-state index in [4.69, 9.17) is 0 Å². The maximum Gasteiger partial charge on any atom is 0.120 e. The van der Waals surface area contributed by atoms with Crippen LogP contribution in [-0.4, -0.2) is 5.94 Å². The lowest BCUT2D eigenvalue weighted by molar-refractivity contribution is 0.567. The number of hydrogen-bond acceptors (Lipinski definition) is 1. The Kier molecular flexibility index (Phi) is 14.5. The molecule has 0 atom stereocenters. The quantitative estimate of drug-likeness (QED) is 0.257. The minimum absolute atomic E-state index is 0.900. The lowest BCUT2D eigenvalue weighted by atomic mass is 10.1. The maximum atomic E-state index is 9.92. The fourth-order valence-electron chi connectivity index (χ4n) is 1.85. The first-order valence-electron chi connectivity index (χ1n) is 7.26. The van der Waals surface area contributed by atoms with Crippen LogP contribution < -0.4 is 0 Å². The topological polar surface area (TPSA) is 17.1 Å². The fraction of sp³-hybridized carbons (Fsp3) is 0.750. The smallest absolute Gasteiger partial charge is 0.120 e. The predicted molar refractivity (Wildman–Crippen MR) is 75.9 cm³/mol. The summed E-state index contributed by atoms with van der Waals surface area (Å²) in [5, 5.41) is 0. The van der Waals surface area contributed by atoms with E-state index in [0.717, 1.165) is 12.8 Å². The molecule has 0 aromatic heterocycles. The Morgan fingerprint density at radius 3 is 1.82 bits per heavy atom. The Balaban J connectivity index is 3.06. The van der Waals surface area contributed by atoms with E-state index in [1.54, 1.807) is 6.08 Å². The first kappa shape index (κ1) is 16.2. The molecule has 0 saturated carbocycles. The molecule has 0 aliphatic carbocycles. The highest BCUT2D eigenvalue weighted by Gasteiger charge is 1.88. The summed E-state index contributed by atoms with van der Waals surface area (Å²) < 4.78 is 0. The number of carbonyl (C=O) groups excluding carboxylic acids is 1. The molecule has 98 valence electrons. The molecule has 0 N–H and O–H groups in total. The summed E-state index contributed by atoms with van der Waals surface area (Å²) in [4.78, 5) is 9.92.